The molecule has 0 radical (unpaired) electrons. The normalized spacial score (nSPS) is 31.6. The molecular weight excluding hydrogens is 498 g/mol. The highest BCUT2D eigenvalue weighted by atomic mass is 16.5. The molecule has 214 valence electrons. The summed E-state index contributed by atoms with van der Waals surface area (Å²) in [5, 5.41) is 16.6. The molecule has 1 aliphatic carbocycles. The van der Waals surface area contributed by atoms with Crippen molar-refractivity contribution >= 4 is 23.4 Å². The van der Waals surface area contributed by atoms with Crippen molar-refractivity contribution in [2.24, 2.45) is 17.8 Å². The zero-order valence-electron chi connectivity index (χ0n) is 23.4. The predicted octanol–water partition coefficient (Wildman–Crippen LogP) is 3.25. The Labute approximate surface area is 231 Å². The minimum absolute atomic E-state index is 0.0208. The maximum Gasteiger partial charge on any atom is 0.246 e. The maximum atomic E-state index is 14.2. The minimum atomic E-state index is -1.07. The van der Waals surface area contributed by atoms with Gasteiger partial charge in [0.1, 0.15) is 17.4 Å². The second-order valence-electron chi connectivity index (χ2n) is 11.7. The third-order valence-electron chi connectivity index (χ3n) is 9.52. The van der Waals surface area contributed by atoms with E-state index in [1.165, 1.54) is 6.42 Å². The SMILES string of the molecule is CCOc1ccc(NC(=O)[C@@H]2[C@@H]3CCC4(O3)C(C(=O)NC3CCCCC3)N([C@@H](CO)[C@@H](C)CC)C(=O)[C@H]24)cc1. The highest BCUT2D eigenvalue weighted by molar-refractivity contribution is 6.02. The zero-order valence-corrected chi connectivity index (χ0v) is 23.4. The van der Waals surface area contributed by atoms with E-state index in [2.05, 4.69) is 10.6 Å². The molecule has 3 amide bonds. The molecule has 2 bridgehead atoms. The Hall–Kier alpha value is -2.65. The summed E-state index contributed by atoms with van der Waals surface area (Å²) in [6, 6.07) is 5.83. The number of rotatable bonds is 10. The third-order valence-corrected chi connectivity index (χ3v) is 9.52. The van der Waals surface area contributed by atoms with E-state index in [9.17, 15) is 19.5 Å². The summed E-state index contributed by atoms with van der Waals surface area (Å²) in [4.78, 5) is 43.5. The van der Waals surface area contributed by atoms with Crippen LogP contribution in [-0.2, 0) is 19.1 Å². The minimum Gasteiger partial charge on any atom is -0.494 e. The summed E-state index contributed by atoms with van der Waals surface area (Å²) in [6.07, 6.45) is 6.64. The number of fused-ring (bicyclic) bond motifs is 1. The summed E-state index contributed by atoms with van der Waals surface area (Å²) in [5.41, 5.74) is -0.454. The van der Waals surface area contributed by atoms with E-state index in [1.807, 2.05) is 20.8 Å². The number of nitrogens with one attached hydrogen (secondary N) is 2. The lowest BCUT2D eigenvalue weighted by Gasteiger charge is -2.39. The van der Waals surface area contributed by atoms with Gasteiger partial charge in [0, 0.05) is 11.7 Å². The summed E-state index contributed by atoms with van der Waals surface area (Å²) in [6.45, 7) is 6.22. The molecule has 1 spiro atoms. The van der Waals surface area contributed by atoms with Crippen molar-refractivity contribution in [1.29, 1.82) is 0 Å². The number of hydrogen-bond donors (Lipinski definition) is 3. The van der Waals surface area contributed by atoms with Gasteiger partial charge in [-0.05, 0) is 62.8 Å². The van der Waals surface area contributed by atoms with Crippen molar-refractivity contribution in [3.63, 3.8) is 0 Å². The van der Waals surface area contributed by atoms with Gasteiger partial charge in [0.05, 0.1) is 37.2 Å². The van der Waals surface area contributed by atoms with Crippen LogP contribution in [0.1, 0.15) is 72.1 Å². The molecule has 7 atom stereocenters. The van der Waals surface area contributed by atoms with Gasteiger partial charge in [-0.25, -0.2) is 0 Å². The number of carbonyl (C=O) groups excluding carboxylic acids is 3. The molecule has 0 aromatic heterocycles. The van der Waals surface area contributed by atoms with Crippen LogP contribution in [-0.4, -0.2) is 70.8 Å². The van der Waals surface area contributed by atoms with E-state index >= 15 is 0 Å². The smallest absolute Gasteiger partial charge is 0.246 e. The Morgan fingerprint density at radius 1 is 1.13 bits per heavy atom. The lowest BCUT2D eigenvalue weighted by atomic mass is 9.70. The predicted molar refractivity (Wildman–Crippen MR) is 146 cm³/mol. The van der Waals surface area contributed by atoms with Crippen LogP contribution in [0.15, 0.2) is 24.3 Å². The number of nitrogens with zero attached hydrogens (tertiary/aromatic N) is 1. The average Bonchev–Trinajstić information content (AvgIpc) is 3.58. The first kappa shape index (κ1) is 27.9. The van der Waals surface area contributed by atoms with Gasteiger partial charge in [0.15, 0.2) is 0 Å². The zero-order chi connectivity index (χ0) is 27.7. The lowest BCUT2D eigenvalue weighted by molar-refractivity contribution is -0.147. The van der Waals surface area contributed by atoms with Crippen molar-refractivity contribution < 1.29 is 29.0 Å². The first-order valence-electron chi connectivity index (χ1n) is 14.8. The number of carbonyl (C=O) groups is 3. The van der Waals surface area contributed by atoms with Crippen LogP contribution in [0.3, 0.4) is 0 Å². The summed E-state index contributed by atoms with van der Waals surface area (Å²) in [7, 11) is 0. The Kier molecular flexibility index (Phi) is 8.19. The first-order chi connectivity index (χ1) is 18.8. The molecule has 4 fully saturated rings. The molecule has 4 aliphatic rings. The van der Waals surface area contributed by atoms with Crippen LogP contribution in [0.4, 0.5) is 5.69 Å². The molecule has 5 rings (SSSR count). The van der Waals surface area contributed by atoms with Crippen molar-refractivity contribution in [1.82, 2.24) is 10.2 Å². The van der Waals surface area contributed by atoms with E-state index in [1.54, 1.807) is 29.2 Å². The van der Waals surface area contributed by atoms with Gasteiger partial charge in [-0.2, -0.15) is 0 Å². The van der Waals surface area contributed by atoms with E-state index in [0.29, 0.717) is 30.9 Å². The fourth-order valence-corrected chi connectivity index (χ4v) is 7.42. The fourth-order valence-electron chi connectivity index (χ4n) is 7.42. The monoisotopic (exact) mass is 541 g/mol. The van der Waals surface area contributed by atoms with Crippen LogP contribution in [0.5, 0.6) is 5.75 Å². The van der Waals surface area contributed by atoms with Gasteiger partial charge in [-0.15, -0.1) is 0 Å². The number of hydrogen-bond acceptors (Lipinski definition) is 6. The number of aliphatic hydroxyl groups is 1. The lowest BCUT2D eigenvalue weighted by Crippen LogP contribution is -2.60. The van der Waals surface area contributed by atoms with Crippen LogP contribution in [0.25, 0.3) is 0 Å². The van der Waals surface area contributed by atoms with E-state index < -0.39 is 35.6 Å². The number of ether oxygens (including phenoxy) is 2. The topological polar surface area (TPSA) is 117 Å². The van der Waals surface area contributed by atoms with Gasteiger partial charge in [0.2, 0.25) is 17.7 Å². The average molecular weight is 542 g/mol. The molecule has 3 aliphatic heterocycles. The maximum absolute atomic E-state index is 14.2. The summed E-state index contributed by atoms with van der Waals surface area (Å²) in [5.74, 6) is -1.52. The van der Waals surface area contributed by atoms with Crippen LogP contribution in [0, 0.1) is 17.8 Å². The largest absolute Gasteiger partial charge is 0.494 e. The summed E-state index contributed by atoms with van der Waals surface area (Å²) < 4.78 is 12.0. The molecule has 3 N–H and O–H groups in total. The van der Waals surface area contributed by atoms with Gasteiger partial charge in [-0.1, -0.05) is 39.5 Å². The van der Waals surface area contributed by atoms with E-state index in [4.69, 9.17) is 9.47 Å². The highest BCUT2D eigenvalue weighted by Gasteiger charge is 2.75. The Morgan fingerprint density at radius 3 is 2.49 bits per heavy atom. The summed E-state index contributed by atoms with van der Waals surface area (Å²) >= 11 is 0. The third kappa shape index (κ3) is 4.92. The number of benzene rings is 1. The highest BCUT2D eigenvalue weighted by Crippen LogP contribution is 2.59. The Balaban J connectivity index is 1.44. The van der Waals surface area contributed by atoms with E-state index in [0.717, 1.165) is 32.1 Å². The molecule has 1 aromatic rings. The molecule has 3 saturated heterocycles. The van der Waals surface area contributed by atoms with Crippen LogP contribution < -0.4 is 15.4 Å². The molecule has 1 aromatic carbocycles. The fraction of sp³-hybridized carbons (Fsp3) is 0.700. The number of amides is 3. The number of anilines is 1. The molecular formula is C30H43N3O6. The quantitative estimate of drug-likeness (QED) is 0.419. The van der Waals surface area contributed by atoms with Crippen molar-refractivity contribution in [2.75, 3.05) is 18.5 Å². The van der Waals surface area contributed by atoms with Crippen molar-refractivity contribution in [3.05, 3.63) is 24.3 Å². The van der Waals surface area contributed by atoms with Crippen LogP contribution in [0.2, 0.25) is 0 Å². The molecule has 2 unspecified atom stereocenters. The molecule has 9 heteroatoms. The molecule has 3 heterocycles. The van der Waals surface area contributed by atoms with Gasteiger partial charge in [0.25, 0.3) is 0 Å². The molecule has 9 nitrogen and oxygen atoms in total. The first-order valence-corrected chi connectivity index (χ1v) is 14.8. The Morgan fingerprint density at radius 2 is 1.85 bits per heavy atom. The van der Waals surface area contributed by atoms with Crippen molar-refractivity contribution in [3.8, 4) is 5.75 Å². The standard InChI is InChI=1S/C30H43N3O6/c1-4-18(3)22(17-34)33-26(28(36)32-19-9-7-6-8-10-19)30-16-15-23(39-30)24(25(30)29(33)37)27(35)31-20-11-13-21(14-12-20)38-5-2/h11-14,18-19,22-26,34H,4-10,15-17H2,1-3H3,(H,31,35)(H,32,36)/t18-,22-,23-,24+,25-,26?,30?/m0/s1. The molecule has 39 heavy (non-hydrogen) atoms. The van der Waals surface area contributed by atoms with E-state index in [-0.39, 0.29) is 36.3 Å². The molecule has 1 saturated carbocycles. The number of likely N-dealkylation sites (tertiary alicyclic amines) is 1. The van der Waals surface area contributed by atoms with Gasteiger partial charge in [-0.3, -0.25) is 14.4 Å². The van der Waals surface area contributed by atoms with Crippen molar-refractivity contribution in [2.45, 2.75) is 102 Å². The van der Waals surface area contributed by atoms with Gasteiger partial charge >= 0.3 is 0 Å². The second kappa shape index (κ2) is 11.5. The van der Waals surface area contributed by atoms with Gasteiger partial charge < -0.3 is 30.1 Å². The Bertz CT molecular complexity index is 1060. The number of aliphatic hydroxyl groups excluding tert-OH is 1. The second-order valence-corrected chi connectivity index (χ2v) is 11.7. The van der Waals surface area contributed by atoms with Crippen LogP contribution >= 0.6 is 0 Å².